The van der Waals surface area contributed by atoms with Gasteiger partial charge < -0.3 is 19.3 Å². The zero-order valence-electron chi connectivity index (χ0n) is 19.2. The van der Waals surface area contributed by atoms with Gasteiger partial charge in [0.25, 0.3) is 11.8 Å². The molecule has 1 atom stereocenters. The molecule has 0 unspecified atom stereocenters. The fraction of sp³-hybridized carbons (Fsp3) is 0.417. The van der Waals surface area contributed by atoms with Gasteiger partial charge in [-0.05, 0) is 42.5 Å². The second-order valence-corrected chi connectivity index (χ2v) is 8.14. The number of hydrogen-bond donors (Lipinski definition) is 0. The number of hydrogen-bond acceptors (Lipinski definition) is 4. The summed E-state index contributed by atoms with van der Waals surface area (Å²) >= 11 is 0. The summed E-state index contributed by atoms with van der Waals surface area (Å²) in [5.74, 6) is -1.15. The maximum atomic E-state index is 13.1. The van der Waals surface area contributed by atoms with E-state index in [0.717, 1.165) is 42.5 Å². The molecule has 12 heteroatoms. The molecular formula is C24H24F6N2O4. The molecule has 2 aromatic rings. The fourth-order valence-electron chi connectivity index (χ4n) is 3.73. The first-order valence-electron chi connectivity index (χ1n) is 10.9. The Hall–Kier alpha value is -3.12. The van der Waals surface area contributed by atoms with E-state index >= 15 is 0 Å². The van der Waals surface area contributed by atoms with Crippen LogP contribution in [0.5, 0.6) is 0 Å². The highest BCUT2D eigenvalue weighted by molar-refractivity contribution is 5.95. The topological polar surface area (TPSA) is 59.1 Å². The van der Waals surface area contributed by atoms with Gasteiger partial charge in [-0.15, -0.1) is 0 Å². The van der Waals surface area contributed by atoms with Crippen LogP contribution in [0.4, 0.5) is 26.3 Å². The number of amides is 2. The molecule has 2 aromatic carbocycles. The lowest BCUT2D eigenvalue weighted by molar-refractivity contribution is -0.138. The van der Waals surface area contributed by atoms with Crippen molar-refractivity contribution in [1.82, 2.24) is 9.80 Å². The quantitative estimate of drug-likeness (QED) is 0.512. The number of alkyl halides is 6. The second kappa shape index (κ2) is 11.3. The summed E-state index contributed by atoms with van der Waals surface area (Å²) in [5.41, 5.74) is -1.92. The molecule has 1 aliphatic rings. The lowest BCUT2D eigenvalue weighted by Gasteiger charge is -2.36. The smallest absolute Gasteiger partial charge is 0.383 e. The number of nitrogens with zero attached hydrogens (tertiary/aromatic N) is 2. The number of halogens is 6. The summed E-state index contributed by atoms with van der Waals surface area (Å²) in [6, 6.07) is 7.90. The van der Waals surface area contributed by atoms with Crippen molar-refractivity contribution in [1.29, 1.82) is 0 Å². The molecule has 0 aromatic heterocycles. The molecule has 0 bridgehead atoms. The summed E-state index contributed by atoms with van der Waals surface area (Å²) in [6.07, 6.45) is -9.80. The summed E-state index contributed by atoms with van der Waals surface area (Å²) in [7, 11) is 1.41. The van der Waals surface area contributed by atoms with Crippen LogP contribution in [0, 0.1) is 0 Å². The molecule has 3 rings (SSSR count). The largest absolute Gasteiger partial charge is 0.416 e. The van der Waals surface area contributed by atoms with Gasteiger partial charge in [-0.1, -0.05) is 6.07 Å². The van der Waals surface area contributed by atoms with E-state index in [1.165, 1.54) is 23.0 Å². The van der Waals surface area contributed by atoms with Gasteiger partial charge in [-0.3, -0.25) is 9.59 Å². The van der Waals surface area contributed by atoms with Crippen LogP contribution >= 0.6 is 0 Å². The first-order chi connectivity index (χ1) is 16.9. The van der Waals surface area contributed by atoms with Crippen LogP contribution in [0.25, 0.3) is 0 Å². The maximum absolute atomic E-state index is 13.1. The molecule has 36 heavy (non-hydrogen) atoms. The third-order valence-corrected chi connectivity index (χ3v) is 5.60. The van der Waals surface area contributed by atoms with Crippen LogP contribution in [-0.2, 0) is 21.8 Å². The van der Waals surface area contributed by atoms with Crippen molar-refractivity contribution in [2.24, 2.45) is 0 Å². The Bertz CT molecular complexity index is 1060. The normalized spacial score (nSPS) is 16.6. The third kappa shape index (κ3) is 6.97. The Morgan fingerprint density at radius 3 is 2.28 bits per heavy atom. The van der Waals surface area contributed by atoms with E-state index in [-0.39, 0.29) is 50.5 Å². The van der Waals surface area contributed by atoms with Gasteiger partial charge in [-0.2, -0.15) is 26.3 Å². The molecule has 6 nitrogen and oxygen atoms in total. The highest BCUT2D eigenvalue weighted by atomic mass is 19.4. The number of carbonyl (C=O) groups is 2. The molecule has 196 valence electrons. The van der Waals surface area contributed by atoms with Crippen molar-refractivity contribution in [2.45, 2.75) is 18.5 Å². The first kappa shape index (κ1) is 27.5. The van der Waals surface area contributed by atoms with Crippen molar-refractivity contribution in [2.75, 3.05) is 46.5 Å². The Morgan fingerprint density at radius 1 is 1.00 bits per heavy atom. The molecule has 0 spiro atoms. The van der Waals surface area contributed by atoms with Crippen molar-refractivity contribution in [3.05, 3.63) is 70.8 Å². The second-order valence-electron chi connectivity index (χ2n) is 8.14. The Kier molecular flexibility index (Phi) is 8.62. The van der Waals surface area contributed by atoms with Gasteiger partial charge in [0.15, 0.2) is 0 Å². The van der Waals surface area contributed by atoms with Gasteiger partial charge in [0.1, 0.15) is 0 Å². The van der Waals surface area contributed by atoms with Gasteiger partial charge in [-0.25, -0.2) is 0 Å². The minimum Gasteiger partial charge on any atom is -0.383 e. The van der Waals surface area contributed by atoms with Crippen molar-refractivity contribution >= 4 is 11.8 Å². The summed E-state index contributed by atoms with van der Waals surface area (Å²) in [4.78, 5) is 28.6. The average Bonchev–Trinajstić information content (AvgIpc) is 2.85. The predicted molar refractivity (Wildman–Crippen MR) is 116 cm³/mol. The van der Waals surface area contributed by atoms with E-state index in [1.54, 1.807) is 0 Å². The number of rotatable bonds is 7. The van der Waals surface area contributed by atoms with Crippen LogP contribution in [0.1, 0.15) is 31.8 Å². The van der Waals surface area contributed by atoms with E-state index in [2.05, 4.69) is 0 Å². The van der Waals surface area contributed by atoms with E-state index < -0.39 is 41.4 Å². The SMILES string of the molecule is COCCN(C[C@@H]1CN(C(=O)c2ccc(C(F)(F)F)cc2)CCO1)C(=O)c1cccc(C(F)(F)F)c1. The number of benzene rings is 2. The van der Waals surface area contributed by atoms with Crippen molar-refractivity contribution in [3.63, 3.8) is 0 Å². The van der Waals surface area contributed by atoms with Crippen LogP contribution in [0.2, 0.25) is 0 Å². The van der Waals surface area contributed by atoms with E-state index in [9.17, 15) is 35.9 Å². The standard InChI is InChI=1S/C24H24F6N2O4/c1-35-11-9-31(22(34)17-3-2-4-19(13-17)24(28,29)30)14-20-15-32(10-12-36-20)21(33)16-5-7-18(8-6-16)23(25,26)27/h2-8,13,20H,9-12,14-15H2,1H3/t20-/m1/s1. The first-order valence-corrected chi connectivity index (χ1v) is 10.9. The molecule has 1 fully saturated rings. The average molecular weight is 518 g/mol. The van der Waals surface area contributed by atoms with Crippen LogP contribution in [-0.4, -0.2) is 74.2 Å². The van der Waals surface area contributed by atoms with Gasteiger partial charge in [0.05, 0.1) is 30.4 Å². The molecule has 2 amide bonds. The van der Waals surface area contributed by atoms with Crippen LogP contribution in [0.15, 0.2) is 48.5 Å². The van der Waals surface area contributed by atoms with E-state index in [0.29, 0.717) is 0 Å². The molecule has 0 N–H and O–H groups in total. The summed E-state index contributed by atoms with van der Waals surface area (Å²) in [5, 5.41) is 0. The van der Waals surface area contributed by atoms with Gasteiger partial charge >= 0.3 is 12.4 Å². The Balaban J connectivity index is 1.71. The third-order valence-electron chi connectivity index (χ3n) is 5.60. The monoisotopic (exact) mass is 518 g/mol. The van der Waals surface area contributed by atoms with Crippen molar-refractivity contribution in [3.8, 4) is 0 Å². The van der Waals surface area contributed by atoms with Crippen LogP contribution in [0.3, 0.4) is 0 Å². The zero-order valence-corrected chi connectivity index (χ0v) is 19.2. The Labute approximate surface area is 203 Å². The highest BCUT2D eigenvalue weighted by Gasteiger charge is 2.33. The molecule has 1 saturated heterocycles. The molecule has 1 heterocycles. The van der Waals surface area contributed by atoms with Crippen LogP contribution < -0.4 is 0 Å². The molecular weight excluding hydrogens is 494 g/mol. The van der Waals surface area contributed by atoms with Gasteiger partial charge in [0, 0.05) is 44.4 Å². The van der Waals surface area contributed by atoms with Gasteiger partial charge in [0.2, 0.25) is 0 Å². The number of carbonyl (C=O) groups excluding carboxylic acids is 2. The number of ether oxygens (including phenoxy) is 2. The summed E-state index contributed by atoms with van der Waals surface area (Å²) in [6.45, 7) is 0.501. The lowest BCUT2D eigenvalue weighted by atomic mass is 10.1. The predicted octanol–water partition coefficient (Wildman–Crippen LogP) is 4.35. The van der Waals surface area contributed by atoms with Crippen molar-refractivity contribution < 1.29 is 45.4 Å². The molecule has 0 radical (unpaired) electrons. The number of methoxy groups -OCH3 is 1. The lowest BCUT2D eigenvalue weighted by Crippen LogP contribution is -2.51. The Morgan fingerprint density at radius 2 is 1.67 bits per heavy atom. The van der Waals surface area contributed by atoms with E-state index in [1.807, 2.05) is 0 Å². The summed E-state index contributed by atoms with van der Waals surface area (Å²) < 4.78 is 88.3. The molecule has 0 saturated carbocycles. The highest BCUT2D eigenvalue weighted by Crippen LogP contribution is 2.30. The molecule has 1 aliphatic heterocycles. The fourth-order valence-corrected chi connectivity index (χ4v) is 3.73. The number of morpholine rings is 1. The maximum Gasteiger partial charge on any atom is 0.416 e. The zero-order chi connectivity index (χ0) is 26.5. The minimum absolute atomic E-state index is 0.0325. The van der Waals surface area contributed by atoms with E-state index in [4.69, 9.17) is 9.47 Å². The molecule has 0 aliphatic carbocycles. The minimum atomic E-state index is -4.61.